The largest absolute Gasteiger partial charge is 0.387 e. The predicted molar refractivity (Wildman–Crippen MR) is 78.1 cm³/mol. The van der Waals surface area contributed by atoms with Gasteiger partial charge in [-0.15, -0.1) is 0 Å². The lowest BCUT2D eigenvalue weighted by Crippen LogP contribution is -2.22. The van der Waals surface area contributed by atoms with Gasteiger partial charge in [0, 0.05) is 13.6 Å². The van der Waals surface area contributed by atoms with Crippen LogP contribution >= 0.6 is 0 Å². The van der Waals surface area contributed by atoms with Crippen LogP contribution in [0.2, 0.25) is 0 Å². The summed E-state index contributed by atoms with van der Waals surface area (Å²) in [5.41, 5.74) is 2.95. The molecular formula is C15H23N3O. The summed E-state index contributed by atoms with van der Waals surface area (Å²) in [4.78, 5) is 4.31. The Bertz CT molecular complexity index is 521. The first-order valence-corrected chi connectivity index (χ1v) is 7.02. The Hall–Kier alpha value is -1.39. The van der Waals surface area contributed by atoms with Crippen molar-refractivity contribution >= 4 is 11.0 Å². The maximum Gasteiger partial charge on any atom is 0.0955 e. The molecule has 0 saturated heterocycles. The molecule has 1 unspecified atom stereocenters. The van der Waals surface area contributed by atoms with Crippen molar-refractivity contribution in [1.82, 2.24) is 14.9 Å². The Labute approximate surface area is 114 Å². The second kappa shape index (κ2) is 6.68. The maximum atomic E-state index is 10.1. The van der Waals surface area contributed by atoms with E-state index in [9.17, 15) is 5.11 Å². The number of fused-ring (bicyclic) bond motifs is 1. The van der Waals surface area contributed by atoms with Crippen LogP contribution < -0.4 is 5.32 Å². The van der Waals surface area contributed by atoms with Crippen LogP contribution in [0.4, 0.5) is 0 Å². The Morgan fingerprint density at radius 2 is 2.21 bits per heavy atom. The second-order valence-corrected chi connectivity index (χ2v) is 5.03. The number of imidazole rings is 1. The highest BCUT2D eigenvalue weighted by molar-refractivity contribution is 5.76. The van der Waals surface area contributed by atoms with Crippen molar-refractivity contribution in [2.24, 2.45) is 7.05 Å². The van der Waals surface area contributed by atoms with E-state index in [1.165, 1.54) is 19.3 Å². The monoisotopic (exact) mass is 261 g/mol. The maximum absolute atomic E-state index is 10.1. The fourth-order valence-electron chi connectivity index (χ4n) is 2.22. The fourth-order valence-corrected chi connectivity index (χ4v) is 2.22. The molecule has 1 aromatic carbocycles. The highest BCUT2D eigenvalue weighted by Crippen LogP contribution is 2.18. The van der Waals surface area contributed by atoms with Crippen LogP contribution in [0.25, 0.3) is 11.0 Å². The average Bonchev–Trinajstić information content (AvgIpc) is 2.79. The molecule has 4 nitrogen and oxygen atoms in total. The van der Waals surface area contributed by atoms with Gasteiger partial charge in [0.15, 0.2) is 0 Å². The van der Waals surface area contributed by atoms with Gasteiger partial charge in [0.2, 0.25) is 0 Å². The van der Waals surface area contributed by atoms with Crippen molar-refractivity contribution in [1.29, 1.82) is 0 Å². The molecule has 104 valence electrons. The van der Waals surface area contributed by atoms with E-state index in [1.54, 1.807) is 6.33 Å². The van der Waals surface area contributed by atoms with Crippen LogP contribution in [0.3, 0.4) is 0 Å². The van der Waals surface area contributed by atoms with Crippen molar-refractivity contribution in [3.63, 3.8) is 0 Å². The molecule has 0 aliphatic carbocycles. The van der Waals surface area contributed by atoms with Crippen LogP contribution in [0, 0.1) is 0 Å². The number of nitrogens with one attached hydrogen (secondary N) is 1. The van der Waals surface area contributed by atoms with Crippen molar-refractivity contribution in [2.45, 2.75) is 32.3 Å². The smallest absolute Gasteiger partial charge is 0.0955 e. The zero-order chi connectivity index (χ0) is 13.7. The fraction of sp³-hybridized carbons (Fsp3) is 0.533. The van der Waals surface area contributed by atoms with E-state index in [1.807, 2.05) is 29.8 Å². The number of benzene rings is 1. The molecule has 4 heteroatoms. The van der Waals surface area contributed by atoms with Crippen LogP contribution in [0.5, 0.6) is 0 Å². The van der Waals surface area contributed by atoms with Gasteiger partial charge in [0.25, 0.3) is 0 Å². The third-order valence-electron chi connectivity index (χ3n) is 3.43. The molecule has 2 rings (SSSR count). The quantitative estimate of drug-likeness (QED) is 0.752. The minimum atomic E-state index is -0.465. The Morgan fingerprint density at radius 3 is 3.00 bits per heavy atom. The molecule has 1 heterocycles. The first-order valence-electron chi connectivity index (χ1n) is 7.02. The van der Waals surface area contributed by atoms with Gasteiger partial charge in [-0.25, -0.2) is 4.98 Å². The summed E-state index contributed by atoms with van der Waals surface area (Å²) in [6.45, 7) is 3.76. The van der Waals surface area contributed by atoms with Crippen LogP contribution in [0.1, 0.15) is 37.9 Å². The number of aromatic nitrogens is 2. The SMILES string of the molecule is CCCCCNCC(O)c1ccc2c(c1)ncn2C. The molecule has 0 bridgehead atoms. The third-order valence-corrected chi connectivity index (χ3v) is 3.43. The summed E-state index contributed by atoms with van der Waals surface area (Å²) >= 11 is 0. The summed E-state index contributed by atoms with van der Waals surface area (Å²) in [7, 11) is 1.97. The van der Waals surface area contributed by atoms with Gasteiger partial charge in [-0.1, -0.05) is 25.8 Å². The average molecular weight is 261 g/mol. The van der Waals surface area contributed by atoms with Gasteiger partial charge < -0.3 is 15.0 Å². The number of unbranched alkanes of at least 4 members (excludes halogenated alkanes) is 2. The molecule has 1 aromatic heterocycles. The standard InChI is InChI=1S/C15H23N3O/c1-3-4-5-8-16-10-15(19)12-6-7-14-13(9-12)17-11-18(14)2/h6-7,9,11,15-16,19H,3-5,8,10H2,1-2H3. The Balaban J connectivity index is 1.91. The van der Waals surface area contributed by atoms with Crippen LogP contribution in [-0.4, -0.2) is 27.7 Å². The van der Waals surface area contributed by atoms with E-state index in [0.29, 0.717) is 6.54 Å². The minimum Gasteiger partial charge on any atom is -0.387 e. The van der Waals surface area contributed by atoms with Gasteiger partial charge >= 0.3 is 0 Å². The van der Waals surface area contributed by atoms with Gasteiger partial charge in [-0.2, -0.15) is 0 Å². The Morgan fingerprint density at radius 1 is 1.37 bits per heavy atom. The number of hydrogen-bond acceptors (Lipinski definition) is 3. The molecular weight excluding hydrogens is 238 g/mol. The van der Waals surface area contributed by atoms with Crippen molar-refractivity contribution in [3.8, 4) is 0 Å². The molecule has 0 aliphatic heterocycles. The molecule has 2 N–H and O–H groups in total. The summed E-state index contributed by atoms with van der Waals surface area (Å²) < 4.78 is 1.98. The van der Waals surface area contributed by atoms with E-state index in [0.717, 1.165) is 23.1 Å². The molecule has 0 fully saturated rings. The van der Waals surface area contributed by atoms with Gasteiger partial charge in [0.1, 0.15) is 0 Å². The van der Waals surface area contributed by atoms with E-state index >= 15 is 0 Å². The predicted octanol–water partition coefficient (Wildman–Crippen LogP) is 2.39. The molecule has 0 saturated carbocycles. The number of rotatable bonds is 7. The molecule has 0 aliphatic rings. The summed E-state index contributed by atoms with van der Waals surface area (Å²) in [6, 6.07) is 5.95. The second-order valence-electron chi connectivity index (χ2n) is 5.03. The van der Waals surface area contributed by atoms with Crippen LogP contribution in [0.15, 0.2) is 24.5 Å². The molecule has 2 aromatic rings. The van der Waals surface area contributed by atoms with Crippen molar-refractivity contribution in [2.75, 3.05) is 13.1 Å². The molecule has 1 atom stereocenters. The first kappa shape index (κ1) is 14.0. The number of aryl methyl sites for hydroxylation is 1. The molecule has 19 heavy (non-hydrogen) atoms. The minimum absolute atomic E-state index is 0.465. The highest BCUT2D eigenvalue weighted by atomic mass is 16.3. The summed E-state index contributed by atoms with van der Waals surface area (Å²) in [5.74, 6) is 0. The number of nitrogens with zero attached hydrogens (tertiary/aromatic N) is 2. The number of hydrogen-bond donors (Lipinski definition) is 2. The highest BCUT2D eigenvalue weighted by Gasteiger charge is 2.09. The van der Waals surface area contributed by atoms with E-state index in [-0.39, 0.29) is 0 Å². The zero-order valence-corrected chi connectivity index (χ0v) is 11.8. The lowest BCUT2D eigenvalue weighted by atomic mass is 10.1. The number of aliphatic hydroxyl groups excluding tert-OH is 1. The van der Waals surface area contributed by atoms with Gasteiger partial charge in [-0.3, -0.25) is 0 Å². The molecule has 0 amide bonds. The van der Waals surface area contributed by atoms with Crippen molar-refractivity contribution < 1.29 is 5.11 Å². The molecule has 0 radical (unpaired) electrons. The van der Waals surface area contributed by atoms with Gasteiger partial charge in [-0.05, 0) is 30.7 Å². The molecule has 0 spiro atoms. The van der Waals surface area contributed by atoms with Gasteiger partial charge in [0.05, 0.1) is 23.5 Å². The third kappa shape index (κ3) is 3.55. The lowest BCUT2D eigenvalue weighted by Gasteiger charge is -2.12. The summed E-state index contributed by atoms with van der Waals surface area (Å²) in [6.07, 6.45) is 4.96. The zero-order valence-electron chi connectivity index (χ0n) is 11.8. The topological polar surface area (TPSA) is 50.1 Å². The van der Waals surface area contributed by atoms with Crippen molar-refractivity contribution in [3.05, 3.63) is 30.1 Å². The normalized spacial score (nSPS) is 13.0. The van der Waals surface area contributed by atoms with E-state index in [2.05, 4.69) is 17.2 Å². The summed E-state index contributed by atoms with van der Waals surface area (Å²) in [5, 5.41) is 13.4. The number of aliphatic hydroxyl groups is 1. The lowest BCUT2D eigenvalue weighted by molar-refractivity contribution is 0.175. The first-order chi connectivity index (χ1) is 9.22. The van der Waals surface area contributed by atoms with Crippen LogP contribution in [-0.2, 0) is 7.05 Å². The Kier molecular flexibility index (Phi) is 4.93. The van der Waals surface area contributed by atoms with E-state index in [4.69, 9.17) is 0 Å². The van der Waals surface area contributed by atoms with E-state index < -0.39 is 6.10 Å².